The van der Waals surface area contributed by atoms with Crippen molar-refractivity contribution in [2.24, 2.45) is 0 Å². The number of H-pyrrole nitrogens is 2. The summed E-state index contributed by atoms with van der Waals surface area (Å²) in [6, 6.07) is 16.8. The predicted molar refractivity (Wildman–Crippen MR) is 118 cm³/mol. The molecule has 0 spiro atoms. The second-order valence-corrected chi connectivity index (χ2v) is 6.93. The molecule has 0 saturated carbocycles. The molecule has 0 aliphatic carbocycles. The Bertz CT molecular complexity index is 1120. The van der Waals surface area contributed by atoms with Crippen molar-refractivity contribution in [3.05, 3.63) is 54.1 Å². The fourth-order valence-electron chi connectivity index (χ4n) is 3.19. The van der Waals surface area contributed by atoms with Gasteiger partial charge in [0, 0.05) is 19.3 Å². The summed E-state index contributed by atoms with van der Waals surface area (Å²) < 4.78 is 0. The van der Waals surface area contributed by atoms with Crippen LogP contribution >= 0.6 is 0 Å². The van der Waals surface area contributed by atoms with Gasteiger partial charge in [-0.1, -0.05) is 36.4 Å². The number of nitrogen functional groups attached to an aromatic ring is 2. The molecule has 0 aliphatic rings. The maximum atomic E-state index is 5.64. The largest absolute Gasteiger partial charge is 0.368 e. The Hall–Kier alpha value is -4.08. The summed E-state index contributed by atoms with van der Waals surface area (Å²) in [6.45, 7) is 0.777. The zero-order valence-corrected chi connectivity index (χ0v) is 16.6. The van der Waals surface area contributed by atoms with Gasteiger partial charge < -0.3 is 21.7 Å². The maximum absolute atomic E-state index is 5.64. The van der Waals surface area contributed by atoms with Gasteiger partial charge in [0.2, 0.25) is 23.8 Å². The lowest BCUT2D eigenvalue weighted by atomic mass is 10.0. The predicted octanol–water partition coefficient (Wildman–Crippen LogP) is 2.57. The van der Waals surface area contributed by atoms with Crippen LogP contribution in [0.4, 0.5) is 29.5 Å². The van der Waals surface area contributed by atoms with Gasteiger partial charge in [-0.25, -0.2) is 0 Å². The van der Waals surface area contributed by atoms with Gasteiger partial charge in [-0.05, 0) is 41.7 Å². The molecule has 0 radical (unpaired) electrons. The van der Waals surface area contributed by atoms with Crippen LogP contribution in [0.3, 0.4) is 0 Å². The number of nitrogens with zero attached hydrogens (tertiary/aromatic N) is 5. The SMILES string of the molecule is CN(c1cccc(-c2cccc(CCCNc3nnc(N)[nH]3)c2)c1)c1nnc(N)[nH]1. The maximum Gasteiger partial charge on any atom is 0.230 e. The lowest BCUT2D eigenvalue weighted by molar-refractivity contribution is 0.854. The number of hydrogen-bond donors (Lipinski definition) is 5. The molecular formula is C20H24N10. The third kappa shape index (κ3) is 4.49. The third-order valence-electron chi connectivity index (χ3n) is 4.74. The van der Waals surface area contributed by atoms with E-state index >= 15 is 0 Å². The van der Waals surface area contributed by atoms with E-state index in [4.69, 9.17) is 11.5 Å². The number of aryl methyl sites for hydroxylation is 1. The number of nitrogens with two attached hydrogens (primary N) is 2. The summed E-state index contributed by atoms with van der Waals surface area (Å²) >= 11 is 0. The molecule has 4 aromatic rings. The van der Waals surface area contributed by atoms with Gasteiger partial charge in [0.25, 0.3) is 0 Å². The molecule has 0 saturated heterocycles. The normalized spacial score (nSPS) is 10.8. The van der Waals surface area contributed by atoms with Crippen LogP contribution in [0.5, 0.6) is 0 Å². The van der Waals surface area contributed by atoms with E-state index in [-0.39, 0.29) is 0 Å². The lowest BCUT2D eigenvalue weighted by Crippen LogP contribution is -2.11. The fraction of sp³-hybridized carbons (Fsp3) is 0.200. The number of aromatic nitrogens is 6. The first-order valence-electron chi connectivity index (χ1n) is 9.62. The number of nitrogens with one attached hydrogen (secondary N) is 3. The highest BCUT2D eigenvalue weighted by molar-refractivity contribution is 5.71. The number of rotatable bonds is 8. The molecule has 0 atom stereocenters. The van der Waals surface area contributed by atoms with E-state index in [9.17, 15) is 0 Å². The van der Waals surface area contributed by atoms with Crippen molar-refractivity contribution in [1.29, 1.82) is 0 Å². The molecular weight excluding hydrogens is 380 g/mol. The molecule has 2 aromatic heterocycles. The summed E-state index contributed by atoms with van der Waals surface area (Å²) in [4.78, 5) is 7.71. The van der Waals surface area contributed by atoms with Crippen LogP contribution in [0.15, 0.2) is 48.5 Å². The summed E-state index contributed by atoms with van der Waals surface area (Å²) in [6.07, 6.45) is 1.90. The molecule has 0 aliphatic heterocycles. The highest BCUT2D eigenvalue weighted by Crippen LogP contribution is 2.27. The Morgan fingerprint density at radius 2 is 1.63 bits per heavy atom. The Morgan fingerprint density at radius 3 is 2.37 bits per heavy atom. The first-order valence-corrected chi connectivity index (χ1v) is 9.62. The minimum atomic E-state index is 0.293. The van der Waals surface area contributed by atoms with Gasteiger partial charge in [0.1, 0.15) is 0 Å². The third-order valence-corrected chi connectivity index (χ3v) is 4.74. The Balaban J connectivity index is 1.41. The second kappa shape index (κ2) is 8.52. The minimum Gasteiger partial charge on any atom is -0.368 e. The lowest BCUT2D eigenvalue weighted by Gasteiger charge is -2.16. The van der Waals surface area contributed by atoms with Crippen LogP contribution < -0.4 is 21.7 Å². The molecule has 2 heterocycles. The first-order chi connectivity index (χ1) is 14.6. The van der Waals surface area contributed by atoms with Gasteiger partial charge in [0.15, 0.2) is 0 Å². The zero-order valence-electron chi connectivity index (χ0n) is 16.6. The molecule has 10 nitrogen and oxygen atoms in total. The van der Waals surface area contributed by atoms with E-state index in [2.05, 4.69) is 72.1 Å². The van der Waals surface area contributed by atoms with Crippen LogP contribution in [0.25, 0.3) is 11.1 Å². The van der Waals surface area contributed by atoms with E-state index in [0.717, 1.165) is 36.2 Å². The van der Waals surface area contributed by atoms with Gasteiger partial charge in [-0.15, -0.1) is 20.4 Å². The molecule has 30 heavy (non-hydrogen) atoms. The number of benzene rings is 2. The van der Waals surface area contributed by atoms with Crippen molar-refractivity contribution >= 4 is 29.5 Å². The van der Waals surface area contributed by atoms with Gasteiger partial charge >= 0.3 is 0 Å². The van der Waals surface area contributed by atoms with Crippen molar-refractivity contribution in [1.82, 2.24) is 30.4 Å². The van der Waals surface area contributed by atoms with E-state index in [1.54, 1.807) is 0 Å². The topological polar surface area (TPSA) is 150 Å². The van der Waals surface area contributed by atoms with Crippen molar-refractivity contribution in [2.45, 2.75) is 12.8 Å². The standard InChI is InChI=1S/C20H24N10/c1-30(20-25-18(22)27-29-20)16-9-3-8-15(12-16)14-7-2-5-13(11-14)6-4-10-23-19-24-17(21)26-28-19/h2-3,5,7-9,11-12H,4,6,10H2,1H3,(H3,22,25,27,29)(H4,21,23,24,26,28). The van der Waals surface area contributed by atoms with Crippen LogP contribution in [0, 0.1) is 0 Å². The van der Waals surface area contributed by atoms with E-state index in [1.165, 1.54) is 5.56 Å². The van der Waals surface area contributed by atoms with Gasteiger partial charge in [-0.2, -0.15) is 0 Å². The first kappa shape index (κ1) is 19.2. The summed E-state index contributed by atoms with van der Waals surface area (Å²) in [5.74, 6) is 1.79. The zero-order chi connectivity index (χ0) is 20.9. The molecule has 10 heteroatoms. The minimum absolute atomic E-state index is 0.293. The summed E-state index contributed by atoms with van der Waals surface area (Å²) in [7, 11) is 1.92. The van der Waals surface area contributed by atoms with Crippen LogP contribution in [0.2, 0.25) is 0 Å². The van der Waals surface area contributed by atoms with Crippen molar-refractivity contribution in [2.75, 3.05) is 35.3 Å². The van der Waals surface area contributed by atoms with Crippen LogP contribution in [-0.2, 0) is 6.42 Å². The van der Waals surface area contributed by atoms with Crippen molar-refractivity contribution < 1.29 is 0 Å². The Labute approximate surface area is 173 Å². The van der Waals surface area contributed by atoms with Crippen molar-refractivity contribution in [3.8, 4) is 11.1 Å². The number of aromatic amines is 2. The molecule has 0 fully saturated rings. The summed E-state index contributed by atoms with van der Waals surface area (Å²) in [5.41, 5.74) is 15.7. The molecule has 4 rings (SSSR count). The average Bonchev–Trinajstić information content (AvgIpc) is 3.39. The Morgan fingerprint density at radius 1 is 0.900 bits per heavy atom. The monoisotopic (exact) mass is 404 g/mol. The quantitative estimate of drug-likeness (QED) is 0.281. The highest BCUT2D eigenvalue weighted by Gasteiger charge is 2.10. The number of anilines is 5. The van der Waals surface area contributed by atoms with Crippen LogP contribution in [-0.4, -0.2) is 44.0 Å². The second-order valence-electron chi connectivity index (χ2n) is 6.93. The fourth-order valence-corrected chi connectivity index (χ4v) is 3.19. The molecule has 154 valence electrons. The molecule has 0 unspecified atom stereocenters. The van der Waals surface area contributed by atoms with Crippen LogP contribution in [0.1, 0.15) is 12.0 Å². The highest BCUT2D eigenvalue weighted by atomic mass is 15.4. The van der Waals surface area contributed by atoms with E-state index in [1.807, 2.05) is 24.1 Å². The summed E-state index contributed by atoms with van der Waals surface area (Å²) in [5, 5.41) is 18.7. The van der Waals surface area contributed by atoms with Crippen molar-refractivity contribution in [3.63, 3.8) is 0 Å². The average molecular weight is 404 g/mol. The molecule has 0 amide bonds. The smallest absolute Gasteiger partial charge is 0.230 e. The van der Waals surface area contributed by atoms with E-state index in [0.29, 0.717) is 23.8 Å². The van der Waals surface area contributed by atoms with E-state index < -0.39 is 0 Å². The number of hydrogen-bond acceptors (Lipinski definition) is 8. The molecule has 7 N–H and O–H groups in total. The van der Waals surface area contributed by atoms with Gasteiger partial charge in [-0.3, -0.25) is 9.97 Å². The molecule has 0 bridgehead atoms. The van der Waals surface area contributed by atoms with Gasteiger partial charge in [0.05, 0.1) is 0 Å². The molecule has 2 aromatic carbocycles. The Kier molecular flexibility index (Phi) is 5.46.